The van der Waals surface area contributed by atoms with Crippen molar-refractivity contribution in [1.29, 1.82) is 5.41 Å². The van der Waals surface area contributed by atoms with E-state index >= 15 is 0 Å². The maximum atomic E-state index is 11.3. The largest absolute Gasteiger partial charge is 0.465 e. The molecule has 0 amide bonds. The Morgan fingerprint density at radius 3 is 2.75 bits per heavy atom. The monoisotopic (exact) mass is 218 g/mol. The van der Waals surface area contributed by atoms with E-state index in [1.54, 1.807) is 25.2 Å². The van der Waals surface area contributed by atoms with Crippen molar-refractivity contribution in [3.05, 3.63) is 42.0 Å². The van der Waals surface area contributed by atoms with Gasteiger partial charge in [0.2, 0.25) is 0 Å². The average molecular weight is 218 g/mol. The fourth-order valence-corrected chi connectivity index (χ4v) is 1.34. The third-order valence-electron chi connectivity index (χ3n) is 2.20. The minimum Gasteiger partial charge on any atom is -0.465 e. The molecule has 1 aromatic carbocycles. The van der Waals surface area contributed by atoms with Gasteiger partial charge >= 0.3 is 5.97 Å². The average Bonchev–Trinajstić information content (AvgIpc) is 2.35. The molecular weight excluding hydrogens is 204 g/mol. The van der Waals surface area contributed by atoms with Crippen LogP contribution in [0.25, 0.3) is 0 Å². The van der Waals surface area contributed by atoms with Gasteiger partial charge in [0.05, 0.1) is 18.4 Å². The molecule has 1 aromatic rings. The molecule has 0 atom stereocenters. The number of nitrogens with one attached hydrogen (secondary N) is 2. The van der Waals surface area contributed by atoms with Gasteiger partial charge in [-0.25, -0.2) is 4.79 Å². The van der Waals surface area contributed by atoms with Crippen molar-refractivity contribution in [3.8, 4) is 0 Å². The summed E-state index contributed by atoms with van der Waals surface area (Å²) in [5, 5.41) is 10.6. The van der Waals surface area contributed by atoms with Crippen LogP contribution in [0.15, 0.2) is 30.9 Å². The molecule has 0 heterocycles. The molecule has 0 saturated carbocycles. The van der Waals surface area contributed by atoms with Crippen LogP contribution in [0, 0.1) is 5.41 Å². The number of methoxy groups -OCH3 is 1. The predicted octanol–water partition coefficient (Wildman–Crippen LogP) is 2.07. The van der Waals surface area contributed by atoms with E-state index in [1.165, 1.54) is 13.2 Å². The normalized spacial score (nSPS) is 9.38. The Morgan fingerprint density at radius 1 is 1.56 bits per heavy atom. The highest BCUT2D eigenvalue weighted by Gasteiger charge is 2.10. The van der Waals surface area contributed by atoms with Crippen LogP contribution in [0.3, 0.4) is 0 Å². The zero-order valence-corrected chi connectivity index (χ0v) is 9.33. The number of carbonyl (C=O) groups excluding carboxylic acids is 1. The smallest absolute Gasteiger partial charge is 0.337 e. The molecule has 0 aliphatic heterocycles. The van der Waals surface area contributed by atoms with E-state index in [2.05, 4.69) is 16.6 Å². The number of hydrogen-bond donors (Lipinski definition) is 2. The van der Waals surface area contributed by atoms with E-state index in [0.29, 0.717) is 22.5 Å². The summed E-state index contributed by atoms with van der Waals surface area (Å²) in [6.45, 7) is 3.54. The lowest BCUT2D eigenvalue weighted by molar-refractivity contribution is 0.0601. The van der Waals surface area contributed by atoms with E-state index in [-0.39, 0.29) is 0 Å². The summed E-state index contributed by atoms with van der Waals surface area (Å²) >= 11 is 0. The second kappa shape index (κ2) is 5.11. The number of hydrogen-bond acceptors (Lipinski definition) is 4. The predicted molar refractivity (Wildman–Crippen MR) is 64.4 cm³/mol. The van der Waals surface area contributed by atoms with Crippen molar-refractivity contribution >= 4 is 17.4 Å². The minimum absolute atomic E-state index is 0.306. The molecule has 0 saturated heterocycles. The molecule has 0 aliphatic carbocycles. The summed E-state index contributed by atoms with van der Waals surface area (Å²) in [4.78, 5) is 11.3. The Hall–Kier alpha value is -2.10. The molecule has 2 N–H and O–H groups in total. The standard InChI is InChI=1S/C12H14N2O2/c1-4-10(13)9-6-5-8(12(15)16-3)7-11(9)14-2/h4-7,13-14H,1H2,2-3H3. The quantitative estimate of drug-likeness (QED) is 0.600. The molecule has 0 spiro atoms. The van der Waals surface area contributed by atoms with E-state index < -0.39 is 5.97 Å². The summed E-state index contributed by atoms with van der Waals surface area (Å²) in [7, 11) is 3.07. The van der Waals surface area contributed by atoms with Crippen LogP contribution in [0.5, 0.6) is 0 Å². The van der Waals surface area contributed by atoms with Crippen molar-refractivity contribution in [2.24, 2.45) is 0 Å². The summed E-state index contributed by atoms with van der Waals surface area (Å²) < 4.78 is 4.62. The van der Waals surface area contributed by atoms with Gasteiger partial charge in [0.25, 0.3) is 0 Å². The van der Waals surface area contributed by atoms with Crippen LogP contribution in [0.1, 0.15) is 15.9 Å². The molecule has 0 aliphatic rings. The van der Waals surface area contributed by atoms with Crippen LogP contribution >= 0.6 is 0 Å². The van der Waals surface area contributed by atoms with Crippen LogP contribution in [-0.2, 0) is 4.74 Å². The topological polar surface area (TPSA) is 62.2 Å². The molecule has 84 valence electrons. The minimum atomic E-state index is -0.395. The lowest BCUT2D eigenvalue weighted by Gasteiger charge is -2.09. The third-order valence-corrected chi connectivity index (χ3v) is 2.20. The van der Waals surface area contributed by atoms with Gasteiger partial charge in [-0.1, -0.05) is 6.58 Å². The van der Waals surface area contributed by atoms with Gasteiger partial charge in [-0.15, -0.1) is 0 Å². The Kier molecular flexibility index (Phi) is 3.83. The fourth-order valence-electron chi connectivity index (χ4n) is 1.34. The molecule has 4 nitrogen and oxygen atoms in total. The number of anilines is 1. The highest BCUT2D eigenvalue weighted by Crippen LogP contribution is 2.18. The highest BCUT2D eigenvalue weighted by molar-refractivity contribution is 6.10. The number of esters is 1. The van der Waals surface area contributed by atoms with Crippen molar-refractivity contribution in [2.75, 3.05) is 19.5 Å². The van der Waals surface area contributed by atoms with Crippen LogP contribution < -0.4 is 5.32 Å². The molecule has 4 heteroatoms. The van der Waals surface area contributed by atoms with Crippen LogP contribution in [-0.4, -0.2) is 25.8 Å². The lowest BCUT2D eigenvalue weighted by Crippen LogP contribution is -2.06. The summed E-state index contributed by atoms with van der Waals surface area (Å²) in [5.41, 5.74) is 2.16. The first kappa shape index (κ1) is 12.0. The zero-order chi connectivity index (χ0) is 12.1. The Morgan fingerprint density at radius 2 is 2.25 bits per heavy atom. The third kappa shape index (κ3) is 2.28. The van der Waals surface area contributed by atoms with Crippen LogP contribution in [0.4, 0.5) is 5.69 Å². The number of rotatable bonds is 4. The number of ether oxygens (including phenoxy) is 1. The Labute approximate surface area is 94.4 Å². The van der Waals surface area contributed by atoms with Gasteiger partial charge in [-0.2, -0.15) is 0 Å². The maximum Gasteiger partial charge on any atom is 0.337 e. The van der Waals surface area contributed by atoms with Gasteiger partial charge in [0.1, 0.15) is 0 Å². The Balaban J connectivity index is 3.21. The number of benzene rings is 1. The van der Waals surface area contributed by atoms with Crippen molar-refractivity contribution in [2.45, 2.75) is 0 Å². The van der Waals surface area contributed by atoms with Gasteiger partial charge in [0, 0.05) is 18.3 Å². The van der Waals surface area contributed by atoms with E-state index in [4.69, 9.17) is 5.41 Å². The summed E-state index contributed by atoms with van der Waals surface area (Å²) in [6, 6.07) is 4.97. The summed E-state index contributed by atoms with van der Waals surface area (Å²) in [5.74, 6) is -0.395. The van der Waals surface area contributed by atoms with Crippen molar-refractivity contribution in [1.82, 2.24) is 0 Å². The maximum absolute atomic E-state index is 11.3. The van der Waals surface area contributed by atoms with Gasteiger partial charge in [0.15, 0.2) is 0 Å². The first-order valence-corrected chi connectivity index (χ1v) is 4.75. The molecule has 16 heavy (non-hydrogen) atoms. The summed E-state index contributed by atoms with van der Waals surface area (Å²) in [6.07, 6.45) is 1.45. The first-order valence-electron chi connectivity index (χ1n) is 4.75. The van der Waals surface area contributed by atoms with Crippen LogP contribution in [0.2, 0.25) is 0 Å². The fraction of sp³-hybridized carbons (Fsp3) is 0.167. The molecule has 1 rings (SSSR count). The van der Waals surface area contributed by atoms with E-state index in [1.807, 2.05) is 0 Å². The molecule has 0 bridgehead atoms. The molecule has 0 unspecified atom stereocenters. The van der Waals surface area contributed by atoms with E-state index in [9.17, 15) is 4.79 Å². The van der Waals surface area contributed by atoms with Gasteiger partial charge in [-0.05, 0) is 24.3 Å². The lowest BCUT2D eigenvalue weighted by atomic mass is 10.0. The first-order chi connectivity index (χ1) is 7.63. The van der Waals surface area contributed by atoms with Gasteiger partial charge in [-0.3, -0.25) is 0 Å². The molecule has 0 radical (unpaired) electrons. The second-order valence-electron chi connectivity index (χ2n) is 3.12. The van der Waals surface area contributed by atoms with E-state index in [0.717, 1.165) is 0 Å². The zero-order valence-electron chi connectivity index (χ0n) is 9.33. The molecule has 0 fully saturated rings. The molecular formula is C12H14N2O2. The number of carbonyl (C=O) groups is 1. The van der Waals surface area contributed by atoms with Crippen molar-refractivity contribution < 1.29 is 9.53 Å². The highest BCUT2D eigenvalue weighted by atomic mass is 16.5. The second-order valence-corrected chi connectivity index (χ2v) is 3.12. The number of allylic oxidation sites excluding steroid dienone is 1. The Bertz CT molecular complexity index is 439. The SMILES string of the molecule is C=CC(=N)c1ccc(C(=O)OC)cc1NC. The van der Waals surface area contributed by atoms with Crippen molar-refractivity contribution in [3.63, 3.8) is 0 Å². The van der Waals surface area contributed by atoms with Gasteiger partial charge < -0.3 is 15.5 Å². The molecule has 0 aromatic heterocycles.